The molecule has 0 unspecified atom stereocenters. The fourth-order valence-corrected chi connectivity index (χ4v) is 3.04. The van der Waals surface area contributed by atoms with E-state index in [1.165, 1.54) is 0 Å². The zero-order valence-corrected chi connectivity index (χ0v) is 18.1. The van der Waals surface area contributed by atoms with E-state index in [4.69, 9.17) is 0 Å². The molecule has 164 valence electrons. The maximum Gasteiger partial charge on any atom is 0.272 e. The summed E-state index contributed by atoms with van der Waals surface area (Å²) in [5.41, 5.74) is 0.928. The number of carbonyl (C=O) groups is 1. The molecule has 10 nitrogen and oxygen atoms in total. The number of nitrogens with zero attached hydrogens (tertiary/aromatic N) is 6. The Hall–Kier alpha value is -4.31. The molecule has 2 rings (SSSR count). The maximum atomic E-state index is 12.2. The van der Waals surface area contributed by atoms with Crippen molar-refractivity contribution in [1.82, 2.24) is 0 Å². The minimum Gasteiger partial charge on any atom is -0.372 e. The van der Waals surface area contributed by atoms with Crippen LogP contribution in [0.15, 0.2) is 40.6 Å². The highest BCUT2D eigenvalue weighted by molar-refractivity contribution is 5.94. The van der Waals surface area contributed by atoms with E-state index in [9.17, 15) is 25.4 Å². The predicted octanol–water partition coefficient (Wildman–Crippen LogP) is 5.34. The van der Waals surface area contributed by atoms with Crippen LogP contribution in [-0.4, -0.2) is 23.9 Å². The monoisotopic (exact) mass is 433 g/mol. The third-order valence-corrected chi connectivity index (χ3v) is 4.66. The molecule has 0 aromatic heterocycles. The van der Waals surface area contributed by atoms with Crippen LogP contribution in [0.4, 0.5) is 28.4 Å². The van der Waals surface area contributed by atoms with Gasteiger partial charge in [-0.2, -0.15) is 10.5 Å². The van der Waals surface area contributed by atoms with Gasteiger partial charge in [0, 0.05) is 37.3 Å². The maximum absolute atomic E-state index is 12.2. The van der Waals surface area contributed by atoms with Gasteiger partial charge in [0.25, 0.3) is 5.69 Å². The van der Waals surface area contributed by atoms with E-state index in [1.54, 1.807) is 12.1 Å². The summed E-state index contributed by atoms with van der Waals surface area (Å²) in [6.07, 6.45) is 1.02. The van der Waals surface area contributed by atoms with Gasteiger partial charge in [0.1, 0.15) is 23.5 Å². The van der Waals surface area contributed by atoms with E-state index in [0.29, 0.717) is 24.2 Å². The van der Waals surface area contributed by atoms with Crippen molar-refractivity contribution in [2.75, 3.05) is 23.3 Å². The molecule has 0 bridgehead atoms. The number of nitriles is 2. The number of carbonyl (C=O) groups excluding carboxylic acids is 1. The second kappa shape index (κ2) is 11.2. The fourth-order valence-electron chi connectivity index (χ4n) is 3.04. The van der Waals surface area contributed by atoms with Crippen LogP contribution in [0.1, 0.15) is 44.7 Å². The van der Waals surface area contributed by atoms with Crippen molar-refractivity contribution in [3.63, 3.8) is 0 Å². The second-order valence-electron chi connectivity index (χ2n) is 6.74. The van der Waals surface area contributed by atoms with Crippen LogP contribution in [0.3, 0.4) is 0 Å². The smallest absolute Gasteiger partial charge is 0.272 e. The number of rotatable bonds is 9. The average Bonchev–Trinajstić information content (AvgIpc) is 2.78. The molecule has 10 heteroatoms. The number of hydrogen-bond acceptors (Lipinski definition) is 8. The summed E-state index contributed by atoms with van der Waals surface area (Å²) in [7, 11) is 0. The molecule has 0 aliphatic heterocycles. The highest BCUT2D eigenvalue weighted by atomic mass is 16.6. The van der Waals surface area contributed by atoms with Gasteiger partial charge in [0.05, 0.1) is 21.7 Å². The first kappa shape index (κ1) is 24.0. The molecular formula is C22H23N7O3. The normalized spacial score (nSPS) is 10.4. The molecule has 1 amide bonds. The average molecular weight is 433 g/mol. The number of hydrogen-bond donors (Lipinski definition) is 1. The zero-order valence-electron chi connectivity index (χ0n) is 18.1. The topological polar surface area (TPSA) is 148 Å². The van der Waals surface area contributed by atoms with Crippen LogP contribution >= 0.6 is 0 Å². The first-order valence-corrected chi connectivity index (χ1v) is 10.1. The van der Waals surface area contributed by atoms with E-state index in [-0.39, 0.29) is 28.4 Å². The van der Waals surface area contributed by atoms with E-state index < -0.39 is 4.92 Å². The Labute approximate surface area is 185 Å². The van der Waals surface area contributed by atoms with Gasteiger partial charge in [0.2, 0.25) is 5.91 Å². The molecule has 0 aliphatic carbocycles. The number of non-ortho nitro benzene ring substituents is 1. The van der Waals surface area contributed by atoms with Gasteiger partial charge in [-0.05, 0) is 38.5 Å². The Morgan fingerprint density at radius 2 is 1.72 bits per heavy atom. The number of anilines is 2. The molecule has 0 saturated carbocycles. The first-order chi connectivity index (χ1) is 15.4. The number of benzene rings is 2. The SMILES string of the molecule is CCCC(=O)Nc1cc(N(CC)CC)ccc1N=Nc1c(C#N)cc([N+](=O)[O-])cc1C#N. The second-order valence-corrected chi connectivity index (χ2v) is 6.74. The van der Waals surface area contributed by atoms with Gasteiger partial charge in [-0.15, -0.1) is 10.2 Å². The molecule has 0 radical (unpaired) electrons. The number of nitro benzene ring substituents is 1. The van der Waals surface area contributed by atoms with E-state index >= 15 is 0 Å². The van der Waals surface area contributed by atoms with E-state index in [2.05, 4.69) is 20.4 Å². The van der Waals surface area contributed by atoms with Crippen molar-refractivity contribution in [2.24, 2.45) is 10.2 Å². The van der Waals surface area contributed by atoms with Crippen LogP contribution in [0.5, 0.6) is 0 Å². The number of nitrogens with one attached hydrogen (secondary N) is 1. The zero-order chi connectivity index (χ0) is 23.7. The van der Waals surface area contributed by atoms with Crippen LogP contribution in [0, 0.1) is 32.8 Å². The fraction of sp³-hybridized carbons (Fsp3) is 0.318. The summed E-state index contributed by atoms with van der Waals surface area (Å²) >= 11 is 0. The third-order valence-electron chi connectivity index (χ3n) is 4.66. The summed E-state index contributed by atoms with van der Waals surface area (Å²) in [4.78, 5) is 24.7. The van der Waals surface area contributed by atoms with Gasteiger partial charge in [-0.3, -0.25) is 14.9 Å². The van der Waals surface area contributed by atoms with Crippen LogP contribution in [-0.2, 0) is 4.79 Å². The molecule has 0 heterocycles. The molecule has 0 atom stereocenters. The molecule has 2 aromatic carbocycles. The van der Waals surface area contributed by atoms with Gasteiger partial charge >= 0.3 is 0 Å². The lowest BCUT2D eigenvalue weighted by molar-refractivity contribution is -0.384. The highest BCUT2D eigenvalue weighted by Gasteiger charge is 2.17. The lowest BCUT2D eigenvalue weighted by Gasteiger charge is -2.22. The Morgan fingerprint density at radius 1 is 1.09 bits per heavy atom. The molecule has 0 spiro atoms. The predicted molar refractivity (Wildman–Crippen MR) is 120 cm³/mol. The largest absolute Gasteiger partial charge is 0.372 e. The molecule has 1 N–H and O–H groups in total. The number of amides is 1. The van der Waals surface area contributed by atoms with Gasteiger partial charge in [0.15, 0.2) is 0 Å². The van der Waals surface area contributed by atoms with Gasteiger partial charge in [-0.1, -0.05) is 6.92 Å². The lowest BCUT2D eigenvalue weighted by Crippen LogP contribution is -2.22. The number of azo groups is 1. The molecule has 0 fully saturated rings. The van der Waals surface area contributed by atoms with Crippen molar-refractivity contribution >= 4 is 34.3 Å². The lowest BCUT2D eigenvalue weighted by atomic mass is 10.1. The van der Waals surface area contributed by atoms with Gasteiger partial charge in [-0.25, -0.2) is 0 Å². The van der Waals surface area contributed by atoms with E-state index in [1.807, 2.05) is 39.0 Å². The van der Waals surface area contributed by atoms with Crippen molar-refractivity contribution < 1.29 is 9.72 Å². The minimum atomic E-state index is -0.685. The summed E-state index contributed by atoms with van der Waals surface area (Å²) < 4.78 is 0. The summed E-state index contributed by atoms with van der Waals surface area (Å²) in [6, 6.07) is 11.0. The van der Waals surface area contributed by atoms with Crippen LogP contribution < -0.4 is 10.2 Å². The molecule has 2 aromatic rings. The van der Waals surface area contributed by atoms with E-state index in [0.717, 1.165) is 30.9 Å². The summed E-state index contributed by atoms with van der Waals surface area (Å²) in [5, 5.41) is 40.8. The molecule has 32 heavy (non-hydrogen) atoms. The Morgan fingerprint density at radius 3 is 2.22 bits per heavy atom. The quantitative estimate of drug-likeness (QED) is 0.320. The summed E-state index contributed by atoms with van der Waals surface area (Å²) in [5.74, 6) is -0.175. The van der Waals surface area contributed by atoms with Crippen molar-refractivity contribution in [3.05, 3.63) is 51.6 Å². The standard InChI is InChI=1S/C22H23N7O3/c1-4-7-21(30)25-20-12-17(28(5-2)6-3)8-9-19(20)26-27-22-15(13-23)10-18(29(31)32)11-16(22)14-24/h8-12H,4-7H2,1-3H3,(H,25,30). The van der Waals surface area contributed by atoms with Crippen LogP contribution in [0.25, 0.3) is 0 Å². The molecule has 0 saturated heterocycles. The first-order valence-electron chi connectivity index (χ1n) is 10.1. The highest BCUT2D eigenvalue weighted by Crippen LogP contribution is 2.34. The molecule has 0 aliphatic rings. The van der Waals surface area contributed by atoms with Gasteiger partial charge < -0.3 is 10.2 Å². The summed E-state index contributed by atoms with van der Waals surface area (Å²) in [6.45, 7) is 7.49. The third kappa shape index (κ3) is 5.64. The minimum absolute atomic E-state index is 0.0701. The van der Waals surface area contributed by atoms with Crippen molar-refractivity contribution in [2.45, 2.75) is 33.6 Å². The number of nitro groups is 1. The van der Waals surface area contributed by atoms with Crippen molar-refractivity contribution in [1.29, 1.82) is 10.5 Å². The Balaban J connectivity index is 2.56. The van der Waals surface area contributed by atoms with Crippen LogP contribution in [0.2, 0.25) is 0 Å². The Bertz CT molecular complexity index is 1090. The molecular weight excluding hydrogens is 410 g/mol. The van der Waals surface area contributed by atoms with Crippen molar-refractivity contribution in [3.8, 4) is 12.1 Å². The Kier molecular flexibility index (Phi) is 8.37.